The molecule has 0 bridgehead atoms. The summed E-state index contributed by atoms with van der Waals surface area (Å²) in [6.07, 6.45) is 5.75. The minimum Gasteiger partial charge on any atom is -0.394 e. The second kappa shape index (κ2) is 7.33. The van der Waals surface area contributed by atoms with Crippen molar-refractivity contribution in [2.24, 2.45) is 0 Å². The number of aliphatic hydroxyl groups excluding tert-OH is 1. The largest absolute Gasteiger partial charge is 0.394 e. The van der Waals surface area contributed by atoms with Crippen molar-refractivity contribution in [3.05, 3.63) is 72.9 Å². The van der Waals surface area contributed by atoms with Crippen LogP contribution in [0.5, 0.6) is 0 Å². The fourth-order valence-corrected chi connectivity index (χ4v) is 2.94. The number of nitrogens with one attached hydrogen (secondary N) is 2. The molecule has 6 nitrogen and oxygen atoms in total. The Labute approximate surface area is 151 Å². The van der Waals surface area contributed by atoms with E-state index in [1.807, 2.05) is 24.4 Å². The molecule has 1 atom stereocenters. The molecule has 0 saturated carbocycles. The molecule has 0 saturated heterocycles. The van der Waals surface area contributed by atoms with Gasteiger partial charge < -0.3 is 15.4 Å². The van der Waals surface area contributed by atoms with E-state index in [4.69, 9.17) is 0 Å². The third-order valence-electron chi connectivity index (χ3n) is 4.26. The molecule has 2 aromatic carbocycles. The number of benzene rings is 2. The standard InChI is InChI=1S/C20H19N5O/c26-12-18(10-17-11-21-13-23-17)24-20-22-8-7-19(25-20)16-6-5-14-3-1-2-4-15(14)9-16/h1-9,11,13,18,26H,10,12H2,(H,21,23)(H,22,24,25)/t18-/m0/s1. The summed E-state index contributed by atoms with van der Waals surface area (Å²) in [5.74, 6) is 0.491. The molecule has 0 radical (unpaired) electrons. The molecule has 4 rings (SSSR count). The fourth-order valence-electron chi connectivity index (χ4n) is 2.94. The van der Waals surface area contributed by atoms with Crippen LogP contribution in [0.25, 0.3) is 22.0 Å². The Balaban J connectivity index is 1.57. The number of fused-ring (bicyclic) bond motifs is 1. The van der Waals surface area contributed by atoms with Gasteiger partial charge in [-0.3, -0.25) is 0 Å². The number of aromatic nitrogens is 4. The Morgan fingerprint density at radius 3 is 2.73 bits per heavy atom. The molecule has 0 spiro atoms. The summed E-state index contributed by atoms with van der Waals surface area (Å²) in [4.78, 5) is 16.0. The van der Waals surface area contributed by atoms with Crippen LogP contribution in [-0.4, -0.2) is 37.7 Å². The van der Waals surface area contributed by atoms with Gasteiger partial charge in [-0.1, -0.05) is 36.4 Å². The van der Waals surface area contributed by atoms with Gasteiger partial charge in [0.1, 0.15) is 0 Å². The van der Waals surface area contributed by atoms with Gasteiger partial charge in [-0.15, -0.1) is 0 Å². The van der Waals surface area contributed by atoms with Gasteiger partial charge in [-0.25, -0.2) is 15.0 Å². The third-order valence-corrected chi connectivity index (χ3v) is 4.26. The van der Waals surface area contributed by atoms with Gasteiger partial charge in [0, 0.05) is 24.4 Å². The average molecular weight is 345 g/mol. The van der Waals surface area contributed by atoms with E-state index in [2.05, 4.69) is 55.6 Å². The number of hydrogen-bond donors (Lipinski definition) is 3. The molecule has 0 unspecified atom stereocenters. The lowest BCUT2D eigenvalue weighted by Crippen LogP contribution is -2.27. The highest BCUT2D eigenvalue weighted by Crippen LogP contribution is 2.23. The summed E-state index contributed by atoms with van der Waals surface area (Å²) in [5, 5.41) is 15.2. The van der Waals surface area contributed by atoms with E-state index in [9.17, 15) is 5.11 Å². The number of aromatic amines is 1. The van der Waals surface area contributed by atoms with Crippen molar-refractivity contribution >= 4 is 16.7 Å². The second-order valence-corrected chi connectivity index (χ2v) is 6.12. The van der Waals surface area contributed by atoms with Gasteiger partial charge in [-0.05, 0) is 22.9 Å². The third kappa shape index (κ3) is 3.55. The Hall–Kier alpha value is -3.25. The van der Waals surface area contributed by atoms with Crippen LogP contribution in [0.15, 0.2) is 67.3 Å². The van der Waals surface area contributed by atoms with Crippen LogP contribution in [-0.2, 0) is 6.42 Å². The summed E-state index contributed by atoms with van der Waals surface area (Å²) >= 11 is 0. The summed E-state index contributed by atoms with van der Waals surface area (Å²) in [7, 11) is 0. The van der Waals surface area contributed by atoms with Crippen molar-refractivity contribution in [2.75, 3.05) is 11.9 Å². The van der Waals surface area contributed by atoms with E-state index in [0.717, 1.165) is 17.0 Å². The summed E-state index contributed by atoms with van der Waals surface area (Å²) in [6.45, 7) is -0.0313. The average Bonchev–Trinajstić information content (AvgIpc) is 3.20. The number of H-pyrrole nitrogens is 1. The highest BCUT2D eigenvalue weighted by Gasteiger charge is 2.12. The number of anilines is 1. The minimum atomic E-state index is -0.204. The van der Waals surface area contributed by atoms with Gasteiger partial charge in [0.25, 0.3) is 0 Å². The molecule has 4 aromatic rings. The zero-order valence-electron chi connectivity index (χ0n) is 14.1. The van der Waals surface area contributed by atoms with E-state index in [-0.39, 0.29) is 12.6 Å². The van der Waals surface area contributed by atoms with E-state index in [1.165, 1.54) is 10.8 Å². The van der Waals surface area contributed by atoms with Crippen molar-refractivity contribution in [1.29, 1.82) is 0 Å². The Bertz CT molecular complexity index is 1000. The van der Waals surface area contributed by atoms with Crippen molar-refractivity contribution < 1.29 is 5.11 Å². The number of rotatable bonds is 6. The van der Waals surface area contributed by atoms with Crippen molar-refractivity contribution in [2.45, 2.75) is 12.5 Å². The maximum atomic E-state index is 9.63. The number of nitrogens with zero attached hydrogens (tertiary/aromatic N) is 3. The van der Waals surface area contributed by atoms with Crippen LogP contribution in [0.1, 0.15) is 5.69 Å². The molecular weight excluding hydrogens is 326 g/mol. The van der Waals surface area contributed by atoms with E-state index >= 15 is 0 Å². The molecule has 130 valence electrons. The molecule has 0 amide bonds. The highest BCUT2D eigenvalue weighted by atomic mass is 16.3. The molecule has 6 heteroatoms. The maximum Gasteiger partial charge on any atom is 0.223 e. The zero-order valence-corrected chi connectivity index (χ0v) is 14.1. The topological polar surface area (TPSA) is 86.7 Å². The SMILES string of the molecule is OC[C@H](Cc1c[nH]cn1)Nc1nccc(-c2ccc3ccccc3c2)n1. The first-order chi connectivity index (χ1) is 12.8. The van der Waals surface area contributed by atoms with Crippen LogP contribution in [0.2, 0.25) is 0 Å². The zero-order chi connectivity index (χ0) is 17.8. The van der Waals surface area contributed by atoms with E-state index in [1.54, 1.807) is 12.5 Å². The summed E-state index contributed by atoms with van der Waals surface area (Å²) in [6, 6.07) is 16.2. The van der Waals surface area contributed by atoms with Gasteiger partial charge in [0.2, 0.25) is 5.95 Å². The number of aliphatic hydroxyl groups is 1. The lowest BCUT2D eigenvalue weighted by atomic mass is 10.1. The lowest BCUT2D eigenvalue weighted by molar-refractivity contribution is 0.272. The first-order valence-corrected chi connectivity index (χ1v) is 8.49. The fraction of sp³-hybridized carbons (Fsp3) is 0.150. The van der Waals surface area contributed by atoms with Gasteiger partial charge in [-0.2, -0.15) is 0 Å². The van der Waals surface area contributed by atoms with Crippen molar-refractivity contribution in [3.8, 4) is 11.3 Å². The quantitative estimate of drug-likeness (QED) is 0.500. The monoisotopic (exact) mass is 345 g/mol. The molecule has 0 aliphatic heterocycles. The molecule has 0 aliphatic carbocycles. The Kier molecular flexibility index (Phi) is 4.57. The predicted molar refractivity (Wildman–Crippen MR) is 102 cm³/mol. The number of imidazole rings is 1. The molecular formula is C20H19N5O. The van der Waals surface area contributed by atoms with Crippen LogP contribution in [0.3, 0.4) is 0 Å². The van der Waals surface area contributed by atoms with Crippen molar-refractivity contribution in [1.82, 2.24) is 19.9 Å². The second-order valence-electron chi connectivity index (χ2n) is 6.12. The molecule has 0 fully saturated rings. The van der Waals surface area contributed by atoms with Gasteiger partial charge in [0.05, 0.1) is 30.4 Å². The first-order valence-electron chi connectivity index (χ1n) is 8.49. The van der Waals surface area contributed by atoms with Crippen LogP contribution >= 0.6 is 0 Å². The maximum absolute atomic E-state index is 9.63. The van der Waals surface area contributed by atoms with Crippen molar-refractivity contribution in [3.63, 3.8) is 0 Å². The normalized spacial score (nSPS) is 12.2. The first kappa shape index (κ1) is 16.2. The minimum absolute atomic E-state index is 0.0313. The summed E-state index contributed by atoms with van der Waals surface area (Å²) in [5.41, 5.74) is 2.74. The molecule has 0 aliphatic rings. The Morgan fingerprint density at radius 2 is 1.92 bits per heavy atom. The smallest absolute Gasteiger partial charge is 0.223 e. The predicted octanol–water partition coefficient (Wildman–Crippen LogP) is 3.04. The molecule has 3 N–H and O–H groups in total. The van der Waals surface area contributed by atoms with E-state index in [0.29, 0.717) is 12.4 Å². The summed E-state index contributed by atoms with van der Waals surface area (Å²) < 4.78 is 0. The van der Waals surface area contributed by atoms with Gasteiger partial charge >= 0.3 is 0 Å². The molecule has 2 heterocycles. The molecule has 2 aromatic heterocycles. The Morgan fingerprint density at radius 1 is 1.04 bits per heavy atom. The lowest BCUT2D eigenvalue weighted by Gasteiger charge is -2.15. The highest BCUT2D eigenvalue weighted by molar-refractivity contribution is 5.86. The van der Waals surface area contributed by atoms with E-state index < -0.39 is 0 Å². The van der Waals surface area contributed by atoms with Gasteiger partial charge in [0.15, 0.2) is 0 Å². The van der Waals surface area contributed by atoms with Crippen LogP contribution in [0, 0.1) is 0 Å². The van der Waals surface area contributed by atoms with Crippen LogP contribution in [0.4, 0.5) is 5.95 Å². The number of hydrogen-bond acceptors (Lipinski definition) is 5. The molecule has 26 heavy (non-hydrogen) atoms. The van der Waals surface area contributed by atoms with Crippen LogP contribution < -0.4 is 5.32 Å².